The van der Waals surface area contributed by atoms with E-state index < -0.39 is 10.0 Å². The summed E-state index contributed by atoms with van der Waals surface area (Å²) in [5, 5.41) is 14.0. The average Bonchev–Trinajstić information content (AvgIpc) is 2.87. The number of carbonyl (C=O) groups is 1. The van der Waals surface area contributed by atoms with Crippen molar-refractivity contribution >= 4 is 21.6 Å². The van der Waals surface area contributed by atoms with Crippen LogP contribution >= 0.6 is 0 Å². The lowest BCUT2D eigenvalue weighted by Gasteiger charge is -2.12. The Labute approximate surface area is 116 Å². The lowest BCUT2D eigenvalue weighted by molar-refractivity contribution is 0.102. The standard InChI is InChI=1S/C12H14N4O3S/c1-7-3-10(20(13,18)19)4-11(8(7)2)16-12(17)9-5-14-15-6-9/h3-6H,1-2H3,(H,14,15)(H,16,17)(H2,13,18,19). The van der Waals surface area contributed by atoms with Crippen molar-refractivity contribution in [3.63, 3.8) is 0 Å². The van der Waals surface area contributed by atoms with E-state index in [1.165, 1.54) is 24.5 Å². The number of rotatable bonds is 3. The fourth-order valence-corrected chi connectivity index (χ4v) is 2.31. The van der Waals surface area contributed by atoms with E-state index in [9.17, 15) is 13.2 Å². The number of carbonyl (C=O) groups excluding carboxylic acids is 1. The number of aryl methyl sites for hydroxylation is 1. The molecule has 0 aliphatic heterocycles. The number of aromatic nitrogens is 2. The molecule has 0 fully saturated rings. The van der Waals surface area contributed by atoms with Gasteiger partial charge in [0.25, 0.3) is 5.91 Å². The van der Waals surface area contributed by atoms with Crippen LogP contribution in [0.3, 0.4) is 0 Å². The molecule has 20 heavy (non-hydrogen) atoms. The highest BCUT2D eigenvalue weighted by Crippen LogP contribution is 2.24. The molecule has 8 heteroatoms. The van der Waals surface area contributed by atoms with Gasteiger partial charge >= 0.3 is 0 Å². The predicted molar refractivity (Wildman–Crippen MR) is 73.8 cm³/mol. The summed E-state index contributed by atoms with van der Waals surface area (Å²) >= 11 is 0. The topological polar surface area (TPSA) is 118 Å². The number of sulfonamides is 1. The Kier molecular flexibility index (Phi) is 3.60. The summed E-state index contributed by atoms with van der Waals surface area (Å²) in [4.78, 5) is 11.9. The van der Waals surface area contributed by atoms with Crippen LogP contribution < -0.4 is 10.5 Å². The minimum Gasteiger partial charge on any atom is -0.322 e. The Morgan fingerprint density at radius 3 is 2.60 bits per heavy atom. The maximum Gasteiger partial charge on any atom is 0.258 e. The van der Waals surface area contributed by atoms with Crippen LogP contribution in [0.25, 0.3) is 0 Å². The van der Waals surface area contributed by atoms with Crippen LogP contribution in [-0.2, 0) is 10.0 Å². The lowest BCUT2D eigenvalue weighted by atomic mass is 10.1. The van der Waals surface area contributed by atoms with Crippen molar-refractivity contribution in [1.29, 1.82) is 0 Å². The molecule has 0 aliphatic rings. The Bertz CT molecular complexity index is 751. The van der Waals surface area contributed by atoms with Gasteiger partial charge in [0.05, 0.1) is 16.7 Å². The van der Waals surface area contributed by atoms with Crippen LogP contribution in [0.15, 0.2) is 29.4 Å². The Balaban J connectivity index is 2.41. The molecule has 7 nitrogen and oxygen atoms in total. The van der Waals surface area contributed by atoms with Gasteiger partial charge in [-0.2, -0.15) is 5.10 Å². The van der Waals surface area contributed by atoms with E-state index in [1.807, 2.05) is 0 Å². The molecule has 0 saturated heterocycles. The third kappa shape index (κ3) is 2.86. The van der Waals surface area contributed by atoms with Crippen LogP contribution in [0.2, 0.25) is 0 Å². The molecule has 0 spiro atoms. The third-order valence-electron chi connectivity index (χ3n) is 2.98. The van der Waals surface area contributed by atoms with Gasteiger partial charge in [0.1, 0.15) is 0 Å². The van der Waals surface area contributed by atoms with Gasteiger partial charge < -0.3 is 5.32 Å². The van der Waals surface area contributed by atoms with Crippen molar-refractivity contribution in [2.24, 2.45) is 5.14 Å². The number of H-pyrrole nitrogens is 1. The average molecular weight is 294 g/mol. The first-order valence-electron chi connectivity index (χ1n) is 5.73. The molecule has 0 atom stereocenters. The van der Waals surface area contributed by atoms with Crippen LogP contribution in [0.1, 0.15) is 21.5 Å². The maximum absolute atomic E-state index is 11.9. The lowest BCUT2D eigenvalue weighted by Crippen LogP contribution is -2.16. The molecule has 1 heterocycles. The SMILES string of the molecule is Cc1cc(S(N)(=O)=O)cc(NC(=O)c2cn[nH]c2)c1C. The zero-order chi connectivity index (χ0) is 14.9. The van der Waals surface area contributed by atoms with Crippen molar-refractivity contribution in [1.82, 2.24) is 10.2 Å². The number of nitrogens with one attached hydrogen (secondary N) is 2. The fraction of sp³-hybridized carbons (Fsp3) is 0.167. The van der Waals surface area contributed by atoms with Gasteiger partial charge in [-0.1, -0.05) is 0 Å². The molecular formula is C12H14N4O3S. The number of hydrogen-bond donors (Lipinski definition) is 3. The molecule has 1 aromatic carbocycles. The second-order valence-electron chi connectivity index (χ2n) is 4.40. The van der Waals surface area contributed by atoms with Gasteiger partial charge in [-0.05, 0) is 37.1 Å². The minimum absolute atomic E-state index is 0.0388. The normalized spacial score (nSPS) is 11.3. The smallest absolute Gasteiger partial charge is 0.258 e. The molecule has 0 aliphatic carbocycles. The zero-order valence-corrected chi connectivity index (χ0v) is 11.8. The first-order chi connectivity index (χ1) is 9.29. The van der Waals surface area contributed by atoms with E-state index in [2.05, 4.69) is 15.5 Å². The second kappa shape index (κ2) is 5.06. The fourth-order valence-electron chi connectivity index (χ4n) is 1.69. The van der Waals surface area contributed by atoms with E-state index in [1.54, 1.807) is 13.8 Å². The highest BCUT2D eigenvalue weighted by atomic mass is 32.2. The van der Waals surface area contributed by atoms with Gasteiger partial charge in [0.15, 0.2) is 0 Å². The first kappa shape index (κ1) is 14.2. The maximum atomic E-state index is 11.9. The number of primary sulfonamides is 1. The van der Waals surface area contributed by atoms with Gasteiger partial charge in [0, 0.05) is 11.9 Å². The molecule has 2 rings (SSSR count). The quantitative estimate of drug-likeness (QED) is 0.780. The predicted octanol–water partition coefficient (Wildman–Crippen LogP) is 0.926. The van der Waals surface area contributed by atoms with Crippen LogP contribution in [0.5, 0.6) is 0 Å². The molecular weight excluding hydrogens is 280 g/mol. The van der Waals surface area contributed by atoms with Crippen molar-refractivity contribution < 1.29 is 13.2 Å². The molecule has 106 valence electrons. The van der Waals surface area contributed by atoms with Crippen molar-refractivity contribution in [3.05, 3.63) is 41.2 Å². The van der Waals surface area contributed by atoms with Gasteiger partial charge in [-0.25, -0.2) is 13.6 Å². The summed E-state index contributed by atoms with van der Waals surface area (Å²) in [6, 6.07) is 2.81. The van der Waals surface area contributed by atoms with Gasteiger partial charge in [-0.15, -0.1) is 0 Å². The van der Waals surface area contributed by atoms with Crippen molar-refractivity contribution in [2.75, 3.05) is 5.32 Å². The second-order valence-corrected chi connectivity index (χ2v) is 5.96. The molecule has 0 bridgehead atoms. The summed E-state index contributed by atoms with van der Waals surface area (Å²) in [6.07, 6.45) is 2.82. The number of benzene rings is 1. The molecule has 1 aromatic heterocycles. The summed E-state index contributed by atoms with van der Waals surface area (Å²) in [5.41, 5.74) is 2.25. The Hall–Kier alpha value is -2.19. The number of nitrogens with zero attached hydrogens (tertiary/aromatic N) is 1. The molecule has 4 N–H and O–H groups in total. The molecule has 0 unspecified atom stereocenters. The number of hydrogen-bond acceptors (Lipinski definition) is 4. The summed E-state index contributed by atoms with van der Waals surface area (Å²) in [6.45, 7) is 3.53. The first-order valence-corrected chi connectivity index (χ1v) is 7.28. The summed E-state index contributed by atoms with van der Waals surface area (Å²) in [7, 11) is -3.82. The van der Waals surface area contributed by atoms with E-state index >= 15 is 0 Å². The van der Waals surface area contributed by atoms with Crippen LogP contribution in [-0.4, -0.2) is 24.5 Å². The minimum atomic E-state index is -3.82. The van der Waals surface area contributed by atoms with Gasteiger partial charge in [0.2, 0.25) is 10.0 Å². The number of anilines is 1. The molecule has 1 amide bonds. The summed E-state index contributed by atoms with van der Waals surface area (Å²) in [5.74, 6) is -0.382. The third-order valence-corrected chi connectivity index (χ3v) is 3.87. The van der Waals surface area contributed by atoms with Gasteiger partial charge in [-0.3, -0.25) is 9.89 Å². The number of aromatic amines is 1. The van der Waals surface area contributed by atoms with E-state index in [0.717, 1.165) is 11.1 Å². The Morgan fingerprint density at radius 2 is 2.05 bits per heavy atom. The van der Waals surface area contributed by atoms with Crippen LogP contribution in [0.4, 0.5) is 5.69 Å². The van der Waals surface area contributed by atoms with E-state index in [4.69, 9.17) is 5.14 Å². The van der Waals surface area contributed by atoms with E-state index in [0.29, 0.717) is 11.3 Å². The number of nitrogens with two attached hydrogens (primary N) is 1. The molecule has 2 aromatic rings. The largest absolute Gasteiger partial charge is 0.322 e. The zero-order valence-electron chi connectivity index (χ0n) is 11.0. The van der Waals surface area contributed by atoms with Crippen molar-refractivity contribution in [2.45, 2.75) is 18.7 Å². The van der Waals surface area contributed by atoms with Crippen molar-refractivity contribution in [3.8, 4) is 0 Å². The highest BCUT2D eigenvalue weighted by Gasteiger charge is 2.15. The van der Waals surface area contributed by atoms with E-state index in [-0.39, 0.29) is 10.8 Å². The highest BCUT2D eigenvalue weighted by molar-refractivity contribution is 7.89. The molecule has 0 saturated carbocycles. The Morgan fingerprint density at radius 1 is 1.35 bits per heavy atom. The van der Waals surface area contributed by atoms with Crippen LogP contribution in [0, 0.1) is 13.8 Å². The monoisotopic (exact) mass is 294 g/mol. The number of amides is 1. The summed E-state index contributed by atoms with van der Waals surface area (Å²) < 4.78 is 22.8. The molecule has 0 radical (unpaired) electrons.